The summed E-state index contributed by atoms with van der Waals surface area (Å²) in [6, 6.07) is 22.5. The van der Waals surface area contributed by atoms with E-state index in [4.69, 9.17) is 19.2 Å². The topological polar surface area (TPSA) is 94.9 Å². The molecule has 42 heavy (non-hydrogen) atoms. The highest BCUT2D eigenvalue weighted by molar-refractivity contribution is 7.07. The highest BCUT2D eigenvalue weighted by atomic mass is 32.1. The Labute approximate surface area is 245 Å². The Balaban J connectivity index is 1.64. The number of para-hydroxylation sites is 1. The fourth-order valence-electron chi connectivity index (χ4n) is 5.42. The van der Waals surface area contributed by atoms with Gasteiger partial charge in [-0.2, -0.15) is 0 Å². The number of thiazole rings is 1. The number of ether oxygens (including phenoxy) is 3. The molecule has 6 rings (SSSR count). The molecule has 0 saturated carbocycles. The minimum absolute atomic E-state index is 0.185. The van der Waals surface area contributed by atoms with E-state index in [0.29, 0.717) is 32.1 Å². The summed E-state index contributed by atoms with van der Waals surface area (Å²) in [7, 11) is 3.12. The van der Waals surface area contributed by atoms with Crippen LogP contribution in [0.15, 0.2) is 93.9 Å². The van der Waals surface area contributed by atoms with Crippen molar-refractivity contribution in [3.05, 3.63) is 115 Å². The van der Waals surface area contributed by atoms with Gasteiger partial charge in [0.15, 0.2) is 4.80 Å². The van der Waals surface area contributed by atoms with Gasteiger partial charge in [-0.05, 0) is 49.8 Å². The van der Waals surface area contributed by atoms with E-state index in [9.17, 15) is 9.59 Å². The third-order valence-corrected chi connectivity index (χ3v) is 8.32. The third-order valence-electron chi connectivity index (χ3n) is 7.33. The first-order chi connectivity index (χ1) is 20.4. The number of carbonyl (C=O) groups is 1. The molecule has 0 amide bonds. The van der Waals surface area contributed by atoms with Gasteiger partial charge in [-0.3, -0.25) is 9.36 Å². The molecule has 0 spiro atoms. The maximum absolute atomic E-state index is 14.3. The molecule has 3 heterocycles. The number of hydrogen-bond acceptors (Lipinski definition) is 7. The lowest BCUT2D eigenvalue weighted by Crippen LogP contribution is -2.40. The Bertz CT molecular complexity index is 2040. The van der Waals surface area contributed by atoms with Gasteiger partial charge in [0.05, 0.1) is 42.3 Å². The van der Waals surface area contributed by atoms with Crippen LogP contribution in [-0.4, -0.2) is 36.3 Å². The monoisotopic (exact) mass is 579 g/mol. The molecule has 9 heteroatoms. The smallest absolute Gasteiger partial charge is 0.338 e. The van der Waals surface area contributed by atoms with Crippen LogP contribution < -0.4 is 24.4 Å². The summed E-state index contributed by atoms with van der Waals surface area (Å²) in [6.07, 6.45) is 1.91. The Kier molecular flexibility index (Phi) is 7.26. The van der Waals surface area contributed by atoms with Gasteiger partial charge in [0.25, 0.3) is 5.56 Å². The second-order valence-corrected chi connectivity index (χ2v) is 10.7. The molecular formula is C33H29N3O5S. The van der Waals surface area contributed by atoms with Crippen LogP contribution in [-0.2, 0) is 9.53 Å². The molecule has 2 aromatic heterocycles. The minimum atomic E-state index is -0.830. The van der Waals surface area contributed by atoms with E-state index in [1.807, 2.05) is 60.7 Å². The van der Waals surface area contributed by atoms with E-state index in [0.717, 1.165) is 27.7 Å². The molecule has 212 valence electrons. The molecule has 1 atom stereocenters. The lowest BCUT2D eigenvalue weighted by molar-refractivity contribution is -0.139. The molecule has 1 aliphatic rings. The van der Waals surface area contributed by atoms with E-state index in [1.54, 1.807) is 50.8 Å². The summed E-state index contributed by atoms with van der Waals surface area (Å²) in [6.45, 7) is 3.69. The Hall–Kier alpha value is -4.89. The summed E-state index contributed by atoms with van der Waals surface area (Å²) in [5.41, 5.74) is 4.87. The number of aromatic nitrogens is 2. The molecule has 5 aromatic rings. The molecular weight excluding hydrogens is 550 g/mol. The first-order valence-corrected chi connectivity index (χ1v) is 14.3. The van der Waals surface area contributed by atoms with Crippen molar-refractivity contribution in [3.8, 4) is 22.8 Å². The largest absolute Gasteiger partial charge is 0.497 e. The molecule has 0 radical (unpaired) electrons. The lowest BCUT2D eigenvalue weighted by atomic mass is 9.94. The number of aromatic amines is 1. The van der Waals surface area contributed by atoms with Crippen molar-refractivity contribution >= 4 is 34.3 Å². The normalized spacial score (nSPS) is 15.0. The zero-order valence-electron chi connectivity index (χ0n) is 23.6. The number of methoxy groups -OCH3 is 2. The molecule has 0 saturated heterocycles. The number of nitrogens with zero attached hydrogens (tertiary/aromatic N) is 2. The maximum atomic E-state index is 14.3. The Morgan fingerprint density at radius 3 is 2.55 bits per heavy atom. The number of allylic oxidation sites excluding steroid dienone is 1. The number of hydrogen-bond donors (Lipinski definition) is 1. The van der Waals surface area contributed by atoms with Gasteiger partial charge in [-0.1, -0.05) is 59.9 Å². The average molecular weight is 580 g/mol. The van der Waals surface area contributed by atoms with Crippen LogP contribution in [0.25, 0.3) is 28.2 Å². The van der Waals surface area contributed by atoms with Crippen LogP contribution in [0.2, 0.25) is 0 Å². The number of rotatable bonds is 7. The van der Waals surface area contributed by atoms with Crippen LogP contribution >= 0.6 is 11.3 Å². The predicted octanol–water partition coefficient (Wildman–Crippen LogP) is 4.96. The van der Waals surface area contributed by atoms with Crippen molar-refractivity contribution in [2.75, 3.05) is 20.8 Å². The Morgan fingerprint density at radius 1 is 1.05 bits per heavy atom. The molecule has 1 unspecified atom stereocenters. The van der Waals surface area contributed by atoms with Crippen LogP contribution in [0.5, 0.6) is 11.5 Å². The van der Waals surface area contributed by atoms with Crippen LogP contribution in [0.4, 0.5) is 0 Å². The van der Waals surface area contributed by atoms with Gasteiger partial charge in [0.2, 0.25) is 0 Å². The third kappa shape index (κ3) is 4.61. The fourth-order valence-corrected chi connectivity index (χ4v) is 6.44. The van der Waals surface area contributed by atoms with Crippen molar-refractivity contribution < 1.29 is 19.0 Å². The van der Waals surface area contributed by atoms with Gasteiger partial charge in [-0.25, -0.2) is 9.79 Å². The second-order valence-electron chi connectivity index (χ2n) is 9.74. The zero-order valence-corrected chi connectivity index (χ0v) is 24.5. The first-order valence-electron chi connectivity index (χ1n) is 13.5. The molecule has 8 nitrogen and oxygen atoms in total. The molecule has 1 N–H and O–H groups in total. The maximum Gasteiger partial charge on any atom is 0.338 e. The van der Waals surface area contributed by atoms with Gasteiger partial charge in [0, 0.05) is 22.0 Å². The minimum Gasteiger partial charge on any atom is -0.497 e. The number of esters is 1. The second kappa shape index (κ2) is 11.2. The number of carbonyl (C=O) groups excluding carboxylic acids is 1. The highest BCUT2D eigenvalue weighted by Gasteiger charge is 2.35. The van der Waals surface area contributed by atoms with Gasteiger partial charge in [-0.15, -0.1) is 0 Å². The SMILES string of the molecule is CCOC(=O)C1=C(C)N=c2sc(=Cc3c(-c4ccccc4)[nH]c4ccccc34)c(=O)n2C1c1cc(OC)ccc1OC. The zero-order chi connectivity index (χ0) is 29.4. The summed E-state index contributed by atoms with van der Waals surface area (Å²) in [5, 5.41) is 0.997. The van der Waals surface area contributed by atoms with E-state index in [-0.39, 0.29) is 17.7 Å². The summed E-state index contributed by atoms with van der Waals surface area (Å²) in [4.78, 5) is 36.4. The summed E-state index contributed by atoms with van der Waals surface area (Å²) in [5.74, 6) is 0.540. The number of benzene rings is 3. The van der Waals surface area contributed by atoms with Gasteiger partial charge in [0.1, 0.15) is 17.5 Å². The predicted molar refractivity (Wildman–Crippen MR) is 164 cm³/mol. The van der Waals surface area contributed by atoms with E-state index >= 15 is 0 Å². The average Bonchev–Trinajstić information content (AvgIpc) is 3.53. The van der Waals surface area contributed by atoms with Crippen molar-refractivity contribution in [2.24, 2.45) is 4.99 Å². The van der Waals surface area contributed by atoms with Gasteiger partial charge >= 0.3 is 5.97 Å². The van der Waals surface area contributed by atoms with Crippen LogP contribution in [0, 0.1) is 0 Å². The summed E-state index contributed by atoms with van der Waals surface area (Å²) < 4.78 is 18.7. The molecule has 3 aromatic carbocycles. The number of nitrogens with one attached hydrogen (secondary N) is 1. The lowest BCUT2D eigenvalue weighted by Gasteiger charge is -2.26. The quantitative estimate of drug-likeness (QED) is 0.275. The van der Waals surface area contributed by atoms with Gasteiger partial charge < -0.3 is 19.2 Å². The van der Waals surface area contributed by atoms with Crippen LogP contribution in [0.1, 0.15) is 31.0 Å². The standard InChI is InChI=1S/C33H29N3O5S/c1-5-41-32(38)28-19(2)34-33-36(30(28)24-17-21(39-3)15-16-26(24)40-4)31(37)27(42-33)18-23-22-13-9-10-14-25(22)35-29(23)20-11-7-6-8-12-20/h6-18,30,35H,5H2,1-4H3. The van der Waals surface area contributed by atoms with Crippen molar-refractivity contribution in [1.82, 2.24) is 9.55 Å². The molecule has 0 fully saturated rings. The number of fused-ring (bicyclic) bond motifs is 2. The number of H-pyrrole nitrogens is 1. The fraction of sp³-hybridized carbons (Fsp3) is 0.182. The van der Waals surface area contributed by atoms with E-state index in [1.165, 1.54) is 11.3 Å². The van der Waals surface area contributed by atoms with E-state index < -0.39 is 12.0 Å². The van der Waals surface area contributed by atoms with Crippen molar-refractivity contribution in [2.45, 2.75) is 19.9 Å². The first kappa shape index (κ1) is 27.3. The summed E-state index contributed by atoms with van der Waals surface area (Å²) >= 11 is 1.28. The molecule has 0 bridgehead atoms. The highest BCUT2D eigenvalue weighted by Crippen LogP contribution is 2.38. The van der Waals surface area contributed by atoms with Crippen LogP contribution in [0.3, 0.4) is 0 Å². The van der Waals surface area contributed by atoms with Crippen molar-refractivity contribution in [3.63, 3.8) is 0 Å². The van der Waals surface area contributed by atoms with E-state index in [2.05, 4.69) is 4.98 Å². The molecule has 1 aliphatic heterocycles. The van der Waals surface area contributed by atoms with Crippen molar-refractivity contribution in [1.29, 1.82) is 0 Å². The Morgan fingerprint density at radius 2 is 1.81 bits per heavy atom. The molecule has 0 aliphatic carbocycles.